The van der Waals surface area contributed by atoms with Crippen molar-refractivity contribution in [1.82, 2.24) is 14.6 Å². The van der Waals surface area contributed by atoms with E-state index < -0.39 is 5.60 Å². The van der Waals surface area contributed by atoms with Crippen LogP contribution in [0.15, 0.2) is 78.9 Å². The fourth-order valence-corrected chi connectivity index (χ4v) is 5.26. The average Bonchev–Trinajstić information content (AvgIpc) is 3.66. The van der Waals surface area contributed by atoms with Crippen LogP contribution in [0.25, 0.3) is 5.65 Å². The molecule has 4 aromatic rings. The zero-order valence-electron chi connectivity index (χ0n) is 19.5. The van der Waals surface area contributed by atoms with E-state index in [1.165, 1.54) is 0 Å². The van der Waals surface area contributed by atoms with Crippen molar-refractivity contribution in [3.63, 3.8) is 0 Å². The summed E-state index contributed by atoms with van der Waals surface area (Å²) < 4.78 is 1.79. The first-order chi connectivity index (χ1) is 17.1. The number of benzene rings is 2. The van der Waals surface area contributed by atoms with Gasteiger partial charge in [-0.15, -0.1) is 5.10 Å². The Balaban J connectivity index is 1.25. The molecule has 3 heterocycles. The van der Waals surface area contributed by atoms with E-state index >= 15 is 0 Å². The van der Waals surface area contributed by atoms with Gasteiger partial charge in [-0.3, -0.25) is 10.1 Å². The first-order valence-electron chi connectivity index (χ1n) is 12.3. The molecule has 2 fully saturated rings. The summed E-state index contributed by atoms with van der Waals surface area (Å²) >= 11 is 0. The Hall–Kier alpha value is -3.71. The average molecular weight is 468 g/mol. The second-order valence-corrected chi connectivity index (χ2v) is 9.70. The molecule has 2 N–H and O–H groups in total. The molecule has 0 unspecified atom stereocenters. The molecular formula is C28H29N5O2. The van der Waals surface area contributed by atoms with Gasteiger partial charge < -0.3 is 10.0 Å². The molecule has 7 heteroatoms. The molecule has 7 nitrogen and oxygen atoms in total. The van der Waals surface area contributed by atoms with E-state index in [1.807, 2.05) is 54.6 Å². The van der Waals surface area contributed by atoms with Crippen LogP contribution >= 0.6 is 0 Å². The van der Waals surface area contributed by atoms with Crippen molar-refractivity contribution in [2.24, 2.45) is 5.92 Å². The predicted octanol–water partition coefficient (Wildman–Crippen LogP) is 4.24. The lowest BCUT2D eigenvalue weighted by Crippen LogP contribution is -2.48. The lowest BCUT2D eigenvalue weighted by Gasteiger charge is -2.44. The van der Waals surface area contributed by atoms with E-state index in [2.05, 4.69) is 44.6 Å². The fraction of sp³-hybridized carbons (Fsp3) is 0.321. The molecule has 1 amide bonds. The Morgan fingerprint density at radius 3 is 2.14 bits per heavy atom. The third-order valence-electron chi connectivity index (χ3n) is 7.28. The van der Waals surface area contributed by atoms with Gasteiger partial charge in [-0.1, -0.05) is 66.7 Å². The number of aromatic nitrogens is 3. The van der Waals surface area contributed by atoms with Crippen molar-refractivity contribution in [3.05, 3.63) is 90.0 Å². The van der Waals surface area contributed by atoms with E-state index in [0.29, 0.717) is 37.5 Å². The van der Waals surface area contributed by atoms with Gasteiger partial charge in [-0.2, -0.15) is 9.50 Å². The van der Waals surface area contributed by atoms with Crippen molar-refractivity contribution >= 4 is 23.3 Å². The number of rotatable bonds is 6. The van der Waals surface area contributed by atoms with Gasteiger partial charge in [0.1, 0.15) is 5.82 Å². The number of hydrogen-bond acceptors (Lipinski definition) is 5. The Morgan fingerprint density at radius 2 is 1.54 bits per heavy atom. The number of fused-ring (bicyclic) bond motifs is 1. The van der Waals surface area contributed by atoms with Gasteiger partial charge in [0.05, 0.1) is 5.60 Å². The number of aliphatic hydroxyl groups is 1. The van der Waals surface area contributed by atoms with Gasteiger partial charge in [-0.25, -0.2) is 0 Å². The molecule has 6 rings (SSSR count). The van der Waals surface area contributed by atoms with Gasteiger partial charge in [0.25, 0.3) is 0 Å². The van der Waals surface area contributed by atoms with Gasteiger partial charge in [0, 0.05) is 24.9 Å². The van der Waals surface area contributed by atoms with Crippen molar-refractivity contribution in [3.8, 4) is 0 Å². The summed E-state index contributed by atoms with van der Waals surface area (Å²) in [7, 11) is 0. The van der Waals surface area contributed by atoms with Crippen molar-refractivity contribution in [2.75, 3.05) is 23.3 Å². The van der Waals surface area contributed by atoms with Crippen molar-refractivity contribution in [2.45, 2.75) is 37.2 Å². The highest BCUT2D eigenvalue weighted by molar-refractivity contribution is 5.92. The third kappa shape index (κ3) is 4.28. The molecule has 1 saturated carbocycles. The van der Waals surface area contributed by atoms with E-state index in [-0.39, 0.29) is 17.7 Å². The third-order valence-corrected chi connectivity index (χ3v) is 7.28. The second kappa shape index (κ2) is 8.82. The largest absolute Gasteiger partial charge is 0.389 e. The molecule has 0 bridgehead atoms. The van der Waals surface area contributed by atoms with Crippen LogP contribution in [0.2, 0.25) is 0 Å². The maximum absolute atomic E-state index is 12.2. The highest BCUT2D eigenvalue weighted by Gasteiger charge is 2.41. The molecule has 0 atom stereocenters. The first-order valence-corrected chi connectivity index (χ1v) is 12.3. The quantitative estimate of drug-likeness (QED) is 0.443. The standard InChI is InChI=1S/C28H29N5O2/c34-26(22-14-15-22)30-27-29-23-12-7-13-24(33(23)31-27)32-18-16-28(35,17-19-32)25(20-8-3-1-4-9-20)21-10-5-2-6-11-21/h1-13,22,25,35H,14-19H2,(H,30,31,34). The van der Waals surface area contributed by atoms with Crippen LogP contribution in [0.3, 0.4) is 0 Å². The number of carbonyl (C=O) groups is 1. The number of carbonyl (C=O) groups excluding carboxylic acids is 1. The summed E-state index contributed by atoms with van der Waals surface area (Å²) in [5.41, 5.74) is 2.09. The number of nitrogens with one attached hydrogen (secondary N) is 1. The number of amides is 1. The summed E-state index contributed by atoms with van der Waals surface area (Å²) in [5, 5.41) is 19.4. The smallest absolute Gasteiger partial charge is 0.249 e. The topological polar surface area (TPSA) is 82.8 Å². The highest BCUT2D eigenvalue weighted by Crippen LogP contribution is 2.42. The minimum atomic E-state index is -0.862. The summed E-state index contributed by atoms with van der Waals surface area (Å²) in [4.78, 5) is 18.9. The van der Waals surface area contributed by atoms with Crippen molar-refractivity contribution < 1.29 is 9.90 Å². The maximum Gasteiger partial charge on any atom is 0.249 e. The molecule has 1 saturated heterocycles. The Bertz CT molecular complexity index is 1290. The summed E-state index contributed by atoms with van der Waals surface area (Å²) in [6, 6.07) is 26.5. The SMILES string of the molecule is O=C(Nc1nc2cccc(N3CCC(O)(C(c4ccccc4)c4ccccc4)CC3)n2n1)C1CC1. The number of piperidine rings is 1. The Labute approximate surface area is 204 Å². The molecule has 0 spiro atoms. The zero-order chi connectivity index (χ0) is 23.8. The Kier molecular flexibility index (Phi) is 5.49. The monoisotopic (exact) mass is 467 g/mol. The number of anilines is 2. The number of nitrogens with zero attached hydrogens (tertiary/aromatic N) is 4. The van der Waals surface area contributed by atoms with E-state index in [9.17, 15) is 9.90 Å². The van der Waals surface area contributed by atoms with Crippen LogP contribution in [-0.2, 0) is 4.79 Å². The summed E-state index contributed by atoms with van der Waals surface area (Å²) in [6.45, 7) is 1.38. The minimum absolute atomic E-state index is 0.00152. The fourth-order valence-electron chi connectivity index (χ4n) is 5.26. The van der Waals surface area contributed by atoms with E-state index in [1.54, 1.807) is 4.52 Å². The van der Waals surface area contributed by atoms with Crippen LogP contribution < -0.4 is 10.2 Å². The summed E-state index contributed by atoms with van der Waals surface area (Å²) in [5.74, 6) is 1.26. The number of hydrogen-bond donors (Lipinski definition) is 2. The molecule has 1 aliphatic heterocycles. The predicted molar refractivity (Wildman–Crippen MR) is 135 cm³/mol. The van der Waals surface area contributed by atoms with Crippen LogP contribution in [0.5, 0.6) is 0 Å². The van der Waals surface area contributed by atoms with Crippen molar-refractivity contribution in [1.29, 1.82) is 0 Å². The molecule has 2 aromatic heterocycles. The number of pyridine rings is 1. The molecule has 2 aliphatic rings. The van der Waals surface area contributed by atoms with Crippen LogP contribution in [-0.4, -0.2) is 44.3 Å². The first kappa shape index (κ1) is 21.8. The molecular weight excluding hydrogens is 438 g/mol. The molecule has 0 radical (unpaired) electrons. The lowest BCUT2D eigenvalue weighted by molar-refractivity contribution is -0.117. The Morgan fingerprint density at radius 1 is 0.914 bits per heavy atom. The van der Waals surface area contributed by atoms with Gasteiger partial charge in [-0.05, 0) is 48.9 Å². The minimum Gasteiger partial charge on any atom is -0.389 e. The normalized spacial score (nSPS) is 17.6. The van der Waals surface area contributed by atoms with Crippen LogP contribution in [0.4, 0.5) is 11.8 Å². The van der Waals surface area contributed by atoms with E-state index in [0.717, 1.165) is 29.8 Å². The van der Waals surface area contributed by atoms with E-state index in [4.69, 9.17) is 0 Å². The molecule has 1 aliphatic carbocycles. The maximum atomic E-state index is 12.2. The molecule has 178 valence electrons. The highest BCUT2D eigenvalue weighted by atomic mass is 16.3. The summed E-state index contributed by atoms with van der Waals surface area (Å²) in [6.07, 6.45) is 3.12. The lowest BCUT2D eigenvalue weighted by atomic mass is 9.72. The van der Waals surface area contributed by atoms with Gasteiger partial charge in [0.15, 0.2) is 5.65 Å². The van der Waals surface area contributed by atoms with Gasteiger partial charge in [0.2, 0.25) is 11.9 Å². The molecule has 2 aromatic carbocycles. The second-order valence-electron chi connectivity index (χ2n) is 9.70. The molecule has 35 heavy (non-hydrogen) atoms. The van der Waals surface area contributed by atoms with Gasteiger partial charge >= 0.3 is 0 Å². The van der Waals surface area contributed by atoms with Crippen LogP contribution in [0.1, 0.15) is 42.7 Å². The van der Waals surface area contributed by atoms with Crippen LogP contribution in [0, 0.1) is 5.92 Å². The zero-order valence-corrected chi connectivity index (χ0v) is 19.5.